The Bertz CT molecular complexity index is 807. The van der Waals surface area contributed by atoms with Gasteiger partial charge in [0.15, 0.2) is 0 Å². The highest BCUT2D eigenvalue weighted by Gasteiger charge is 2.32. The molecule has 1 saturated heterocycles. The van der Waals surface area contributed by atoms with Crippen LogP contribution >= 0.6 is 0 Å². The molecule has 1 aliphatic rings. The maximum Gasteiger partial charge on any atom is 0.243 e. The smallest absolute Gasteiger partial charge is 0.243 e. The molecule has 8 heteroatoms. The van der Waals surface area contributed by atoms with Crippen molar-refractivity contribution in [1.29, 1.82) is 0 Å². The number of ether oxygens (including phenoxy) is 1. The molecule has 7 nitrogen and oxygen atoms in total. The minimum atomic E-state index is -3.49. The predicted molar refractivity (Wildman–Crippen MR) is 92.1 cm³/mol. The van der Waals surface area contributed by atoms with Gasteiger partial charge in [-0.2, -0.15) is 4.31 Å². The fourth-order valence-corrected chi connectivity index (χ4v) is 4.35. The van der Waals surface area contributed by atoms with E-state index in [-0.39, 0.29) is 16.7 Å². The quantitative estimate of drug-likeness (QED) is 0.810. The topological polar surface area (TPSA) is 85.5 Å². The van der Waals surface area contributed by atoms with Crippen LogP contribution in [0.4, 0.5) is 0 Å². The minimum Gasteiger partial charge on any atom is -0.497 e. The Kier molecular flexibility index (Phi) is 5.10. The Morgan fingerprint density at radius 1 is 1.16 bits per heavy atom. The first kappa shape index (κ1) is 17.9. The van der Waals surface area contributed by atoms with Gasteiger partial charge in [-0.1, -0.05) is 13.8 Å². The third-order valence-electron chi connectivity index (χ3n) is 4.45. The van der Waals surface area contributed by atoms with Gasteiger partial charge in [0.05, 0.1) is 12.0 Å². The van der Waals surface area contributed by atoms with E-state index in [1.165, 1.54) is 4.31 Å². The van der Waals surface area contributed by atoms with E-state index in [1.807, 2.05) is 13.8 Å². The highest BCUT2D eigenvalue weighted by atomic mass is 32.2. The molecule has 0 N–H and O–H groups in total. The molecule has 0 atom stereocenters. The van der Waals surface area contributed by atoms with Gasteiger partial charge in [-0.25, -0.2) is 8.42 Å². The van der Waals surface area contributed by atoms with Crippen LogP contribution in [0.15, 0.2) is 33.6 Å². The molecule has 3 rings (SSSR count). The van der Waals surface area contributed by atoms with Crippen LogP contribution in [0.2, 0.25) is 0 Å². The van der Waals surface area contributed by atoms with Gasteiger partial charge in [0.1, 0.15) is 5.75 Å². The van der Waals surface area contributed by atoms with Crippen molar-refractivity contribution >= 4 is 10.0 Å². The van der Waals surface area contributed by atoms with Crippen molar-refractivity contribution in [2.75, 3.05) is 20.2 Å². The second-order valence-corrected chi connectivity index (χ2v) is 8.43. The number of aromatic nitrogens is 2. The number of hydrogen-bond donors (Lipinski definition) is 0. The van der Waals surface area contributed by atoms with Crippen molar-refractivity contribution in [1.82, 2.24) is 14.5 Å². The number of sulfonamides is 1. The van der Waals surface area contributed by atoms with Crippen molar-refractivity contribution in [2.24, 2.45) is 0 Å². The molecule has 1 aliphatic heterocycles. The predicted octanol–water partition coefficient (Wildman–Crippen LogP) is 2.77. The van der Waals surface area contributed by atoms with Crippen LogP contribution < -0.4 is 4.74 Å². The number of nitrogens with zero attached hydrogens (tertiary/aromatic N) is 3. The molecule has 0 unspecified atom stereocenters. The van der Waals surface area contributed by atoms with Gasteiger partial charge in [-0.3, -0.25) is 0 Å². The van der Waals surface area contributed by atoms with Crippen LogP contribution in [0.3, 0.4) is 0 Å². The molecule has 2 aromatic rings. The summed E-state index contributed by atoms with van der Waals surface area (Å²) in [5, 5.41) is 8.19. The lowest BCUT2D eigenvalue weighted by Gasteiger charge is -2.29. The number of piperidine rings is 1. The second kappa shape index (κ2) is 7.13. The van der Waals surface area contributed by atoms with Gasteiger partial charge in [0, 0.05) is 24.9 Å². The first-order valence-corrected chi connectivity index (χ1v) is 9.83. The standard InChI is InChI=1S/C17H23N3O4S/c1-12(2)16-18-19-17(24-16)13-8-10-20(11-9-13)25(21,22)15-6-4-14(23-3)5-7-15/h4-7,12-13H,8-11H2,1-3H3. The van der Waals surface area contributed by atoms with Gasteiger partial charge in [-0.15, -0.1) is 10.2 Å². The maximum atomic E-state index is 12.8. The van der Waals surface area contributed by atoms with E-state index in [9.17, 15) is 8.42 Å². The molecular weight excluding hydrogens is 342 g/mol. The fourth-order valence-electron chi connectivity index (χ4n) is 2.88. The summed E-state index contributed by atoms with van der Waals surface area (Å²) in [7, 11) is -1.94. The van der Waals surface area contributed by atoms with Gasteiger partial charge >= 0.3 is 0 Å². The van der Waals surface area contributed by atoms with Crippen LogP contribution in [0.1, 0.15) is 50.3 Å². The van der Waals surface area contributed by atoms with E-state index < -0.39 is 10.0 Å². The van der Waals surface area contributed by atoms with Crippen molar-refractivity contribution in [2.45, 2.75) is 43.4 Å². The van der Waals surface area contributed by atoms with Crippen molar-refractivity contribution < 1.29 is 17.6 Å². The summed E-state index contributed by atoms with van der Waals surface area (Å²) in [5.41, 5.74) is 0. The first-order valence-electron chi connectivity index (χ1n) is 8.39. The van der Waals surface area contributed by atoms with Crippen molar-refractivity contribution in [3.05, 3.63) is 36.0 Å². The molecule has 0 radical (unpaired) electrons. The summed E-state index contributed by atoms with van der Waals surface area (Å²) >= 11 is 0. The van der Waals surface area contributed by atoms with E-state index in [0.717, 1.165) is 0 Å². The fraction of sp³-hybridized carbons (Fsp3) is 0.529. The summed E-state index contributed by atoms with van der Waals surface area (Å²) in [6.07, 6.45) is 1.35. The van der Waals surface area contributed by atoms with Crippen LogP contribution in [-0.2, 0) is 10.0 Å². The Morgan fingerprint density at radius 2 is 1.80 bits per heavy atom. The summed E-state index contributed by atoms with van der Waals surface area (Å²) in [6.45, 7) is 4.89. The first-order chi connectivity index (χ1) is 11.9. The molecule has 0 aliphatic carbocycles. The molecule has 1 fully saturated rings. The van der Waals surface area contributed by atoms with Crippen LogP contribution in [0.5, 0.6) is 5.75 Å². The van der Waals surface area contributed by atoms with E-state index >= 15 is 0 Å². The van der Waals surface area contributed by atoms with E-state index in [2.05, 4.69) is 10.2 Å². The van der Waals surface area contributed by atoms with Gasteiger partial charge in [-0.05, 0) is 37.1 Å². The minimum absolute atomic E-state index is 0.113. The maximum absolute atomic E-state index is 12.8. The van der Waals surface area contributed by atoms with Gasteiger partial charge < -0.3 is 9.15 Å². The average molecular weight is 365 g/mol. The largest absolute Gasteiger partial charge is 0.497 e. The summed E-state index contributed by atoms with van der Waals surface area (Å²) in [4.78, 5) is 0.284. The second-order valence-electron chi connectivity index (χ2n) is 6.49. The third-order valence-corrected chi connectivity index (χ3v) is 6.36. The van der Waals surface area contributed by atoms with Gasteiger partial charge in [0.25, 0.3) is 0 Å². The SMILES string of the molecule is COc1ccc(S(=O)(=O)N2CCC(c3nnc(C(C)C)o3)CC2)cc1. The van der Waals surface area contributed by atoms with Crippen molar-refractivity contribution in [3.63, 3.8) is 0 Å². The number of hydrogen-bond acceptors (Lipinski definition) is 6. The number of benzene rings is 1. The lowest BCUT2D eigenvalue weighted by atomic mass is 9.98. The van der Waals surface area contributed by atoms with E-state index in [0.29, 0.717) is 43.5 Å². The van der Waals surface area contributed by atoms with Crippen LogP contribution in [-0.4, -0.2) is 43.1 Å². The zero-order valence-electron chi connectivity index (χ0n) is 14.7. The lowest BCUT2D eigenvalue weighted by molar-refractivity contribution is 0.285. The monoisotopic (exact) mass is 365 g/mol. The molecule has 0 bridgehead atoms. The Hall–Kier alpha value is -1.93. The molecular formula is C17H23N3O4S. The molecule has 1 aromatic heterocycles. The summed E-state index contributed by atoms with van der Waals surface area (Å²) in [5.74, 6) is 2.18. The molecule has 0 saturated carbocycles. The Balaban J connectivity index is 1.68. The molecule has 136 valence electrons. The molecule has 2 heterocycles. The van der Waals surface area contributed by atoms with E-state index in [1.54, 1.807) is 31.4 Å². The average Bonchev–Trinajstić information content (AvgIpc) is 3.12. The Labute approximate surface area is 148 Å². The highest BCUT2D eigenvalue weighted by Crippen LogP contribution is 2.31. The summed E-state index contributed by atoms with van der Waals surface area (Å²) in [6, 6.07) is 6.47. The van der Waals surface area contributed by atoms with Gasteiger partial charge in [0.2, 0.25) is 21.8 Å². The third kappa shape index (κ3) is 3.69. The van der Waals surface area contributed by atoms with Crippen LogP contribution in [0, 0.1) is 0 Å². The highest BCUT2D eigenvalue weighted by molar-refractivity contribution is 7.89. The molecule has 1 aromatic carbocycles. The lowest BCUT2D eigenvalue weighted by Crippen LogP contribution is -2.37. The zero-order valence-corrected chi connectivity index (χ0v) is 15.5. The molecule has 0 amide bonds. The summed E-state index contributed by atoms with van der Waals surface area (Å²) < 4.78 is 37.8. The number of rotatable bonds is 5. The number of methoxy groups -OCH3 is 1. The van der Waals surface area contributed by atoms with Crippen LogP contribution in [0.25, 0.3) is 0 Å². The normalized spacial score (nSPS) is 17.1. The van der Waals surface area contributed by atoms with E-state index in [4.69, 9.17) is 9.15 Å². The Morgan fingerprint density at radius 3 is 2.32 bits per heavy atom. The molecule has 0 spiro atoms. The van der Waals surface area contributed by atoms with Crippen molar-refractivity contribution in [3.8, 4) is 5.75 Å². The molecule has 25 heavy (non-hydrogen) atoms. The zero-order chi connectivity index (χ0) is 18.0.